The SMILES string of the molecule is CCNCC(=O)NCC(=O)C(C)C. The number of nitrogens with one attached hydrogen (secondary N) is 2. The molecule has 0 aromatic rings. The quantitative estimate of drug-likeness (QED) is 0.611. The van der Waals surface area contributed by atoms with E-state index >= 15 is 0 Å². The van der Waals surface area contributed by atoms with E-state index in [0.29, 0.717) is 0 Å². The van der Waals surface area contributed by atoms with Gasteiger partial charge in [0.2, 0.25) is 5.91 Å². The van der Waals surface area contributed by atoms with E-state index in [9.17, 15) is 9.59 Å². The van der Waals surface area contributed by atoms with E-state index in [1.807, 2.05) is 20.8 Å². The van der Waals surface area contributed by atoms with Crippen LogP contribution in [-0.2, 0) is 9.59 Å². The first-order chi connectivity index (χ1) is 6.07. The third-order valence-corrected chi connectivity index (χ3v) is 1.64. The molecule has 0 fully saturated rings. The van der Waals surface area contributed by atoms with Crippen molar-refractivity contribution in [3.05, 3.63) is 0 Å². The molecule has 4 heteroatoms. The minimum absolute atomic E-state index is 0.0144. The molecule has 0 aromatic carbocycles. The Morgan fingerprint density at radius 2 is 1.85 bits per heavy atom. The molecule has 0 aromatic heterocycles. The van der Waals surface area contributed by atoms with Gasteiger partial charge in [0, 0.05) is 5.92 Å². The fourth-order valence-corrected chi connectivity index (χ4v) is 0.691. The van der Waals surface area contributed by atoms with Gasteiger partial charge in [0.05, 0.1) is 13.1 Å². The topological polar surface area (TPSA) is 58.2 Å². The molecule has 0 aliphatic rings. The Hall–Kier alpha value is -0.900. The van der Waals surface area contributed by atoms with Gasteiger partial charge in [0.15, 0.2) is 5.78 Å². The molecule has 0 aliphatic heterocycles. The van der Waals surface area contributed by atoms with Crippen LogP contribution in [0.2, 0.25) is 0 Å². The normalized spacial score (nSPS) is 10.2. The zero-order valence-electron chi connectivity index (χ0n) is 8.52. The summed E-state index contributed by atoms with van der Waals surface area (Å²) in [5.41, 5.74) is 0. The van der Waals surface area contributed by atoms with E-state index in [2.05, 4.69) is 10.6 Å². The van der Waals surface area contributed by atoms with E-state index < -0.39 is 0 Å². The second-order valence-corrected chi connectivity index (χ2v) is 3.18. The van der Waals surface area contributed by atoms with E-state index in [1.54, 1.807) is 0 Å². The van der Waals surface area contributed by atoms with Crippen molar-refractivity contribution in [2.24, 2.45) is 5.92 Å². The fraction of sp³-hybridized carbons (Fsp3) is 0.778. The van der Waals surface area contributed by atoms with Gasteiger partial charge in [-0.05, 0) is 6.54 Å². The number of ketones is 1. The third-order valence-electron chi connectivity index (χ3n) is 1.64. The molecule has 0 unspecified atom stereocenters. The van der Waals surface area contributed by atoms with Gasteiger partial charge in [-0.15, -0.1) is 0 Å². The largest absolute Gasteiger partial charge is 0.348 e. The molecule has 0 saturated carbocycles. The summed E-state index contributed by atoms with van der Waals surface area (Å²) < 4.78 is 0. The lowest BCUT2D eigenvalue weighted by Crippen LogP contribution is -2.37. The van der Waals surface area contributed by atoms with Crippen LogP contribution in [0.5, 0.6) is 0 Å². The molecule has 0 aliphatic carbocycles. The molecule has 76 valence electrons. The molecule has 13 heavy (non-hydrogen) atoms. The van der Waals surface area contributed by atoms with Gasteiger partial charge in [-0.1, -0.05) is 20.8 Å². The monoisotopic (exact) mass is 186 g/mol. The predicted molar refractivity (Wildman–Crippen MR) is 51.4 cm³/mol. The number of rotatable bonds is 6. The molecule has 2 N–H and O–H groups in total. The van der Waals surface area contributed by atoms with Crippen molar-refractivity contribution in [3.8, 4) is 0 Å². The predicted octanol–water partition coefficient (Wildman–Crippen LogP) is -0.0628. The summed E-state index contributed by atoms with van der Waals surface area (Å²) in [7, 11) is 0. The van der Waals surface area contributed by atoms with Crippen LogP contribution in [-0.4, -0.2) is 31.3 Å². The van der Waals surface area contributed by atoms with Crippen molar-refractivity contribution in [1.82, 2.24) is 10.6 Å². The highest BCUT2D eigenvalue weighted by Gasteiger charge is 2.08. The zero-order chi connectivity index (χ0) is 10.3. The summed E-state index contributed by atoms with van der Waals surface area (Å²) in [6, 6.07) is 0. The Morgan fingerprint density at radius 3 is 2.31 bits per heavy atom. The summed E-state index contributed by atoms with van der Waals surface area (Å²) in [5, 5.41) is 5.43. The number of amides is 1. The first-order valence-electron chi connectivity index (χ1n) is 4.58. The second kappa shape index (κ2) is 6.60. The highest BCUT2D eigenvalue weighted by Crippen LogP contribution is 1.91. The molecule has 0 heterocycles. The van der Waals surface area contributed by atoms with Crippen LogP contribution >= 0.6 is 0 Å². The summed E-state index contributed by atoms with van der Waals surface area (Å²) in [4.78, 5) is 22.1. The maximum Gasteiger partial charge on any atom is 0.234 e. The minimum Gasteiger partial charge on any atom is -0.348 e. The van der Waals surface area contributed by atoms with Gasteiger partial charge in [-0.25, -0.2) is 0 Å². The number of carbonyl (C=O) groups is 2. The van der Waals surface area contributed by atoms with Crippen molar-refractivity contribution in [3.63, 3.8) is 0 Å². The first-order valence-corrected chi connectivity index (χ1v) is 4.58. The second-order valence-electron chi connectivity index (χ2n) is 3.18. The minimum atomic E-state index is -0.129. The maximum atomic E-state index is 11.1. The summed E-state index contributed by atoms with van der Waals surface area (Å²) in [6.45, 7) is 6.74. The van der Waals surface area contributed by atoms with Crippen LogP contribution in [0.25, 0.3) is 0 Å². The average Bonchev–Trinajstić information content (AvgIpc) is 2.10. The molecule has 0 radical (unpaired) electrons. The molecule has 4 nitrogen and oxygen atoms in total. The van der Waals surface area contributed by atoms with Crippen molar-refractivity contribution >= 4 is 11.7 Å². The lowest BCUT2D eigenvalue weighted by atomic mass is 10.1. The summed E-state index contributed by atoms with van der Waals surface area (Å²) >= 11 is 0. The zero-order valence-corrected chi connectivity index (χ0v) is 8.52. The lowest BCUT2D eigenvalue weighted by molar-refractivity contribution is -0.126. The van der Waals surface area contributed by atoms with E-state index in [1.165, 1.54) is 0 Å². The van der Waals surface area contributed by atoms with Gasteiger partial charge in [-0.3, -0.25) is 9.59 Å². The smallest absolute Gasteiger partial charge is 0.234 e. The number of hydrogen-bond acceptors (Lipinski definition) is 3. The van der Waals surface area contributed by atoms with Crippen LogP contribution in [0, 0.1) is 5.92 Å². The Labute approximate surface area is 79.1 Å². The molecule has 0 rings (SSSR count). The van der Waals surface area contributed by atoms with Gasteiger partial charge < -0.3 is 10.6 Å². The molecule has 0 saturated heterocycles. The van der Waals surface area contributed by atoms with Crippen molar-refractivity contribution in [2.45, 2.75) is 20.8 Å². The Balaban J connectivity index is 3.52. The third kappa shape index (κ3) is 6.28. The average molecular weight is 186 g/mol. The fourth-order valence-electron chi connectivity index (χ4n) is 0.691. The lowest BCUT2D eigenvalue weighted by Gasteiger charge is -2.06. The van der Waals surface area contributed by atoms with Crippen LogP contribution in [0.4, 0.5) is 0 Å². The van der Waals surface area contributed by atoms with Gasteiger partial charge in [-0.2, -0.15) is 0 Å². The summed E-state index contributed by atoms with van der Waals surface area (Å²) in [6.07, 6.45) is 0. The molecule has 1 amide bonds. The first kappa shape index (κ1) is 12.1. The molecular weight excluding hydrogens is 168 g/mol. The van der Waals surface area contributed by atoms with Crippen LogP contribution in [0.1, 0.15) is 20.8 Å². The van der Waals surface area contributed by atoms with Crippen molar-refractivity contribution in [2.75, 3.05) is 19.6 Å². The number of Topliss-reactive ketones (excluding diaryl/α,β-unsaturated/α-hetero) is 1. The van der Waals surface area contributed by atoms with Crippen LogP contribution in [0.15, 0.2) is 0 Å². The standard InChI is InChI=1S/C9H18N2O2/c1-4-10-6-9(13)11-5-8(12)7(2)3/h7,10H,4-6H2,1-3H3,(H,11,13). The molecule has 0 atom stereocenters. The molecule has 0 spiro atoms. The van der Waals surface area contributed by atoms with E-state index in [4.69, 9.17) is 0 Å². The van der Waals surface area contributed by atoms with Crippen LogP contribution in [0.3, 0.4) is 0 Å². The number of carbonyl (C=O) groups excluding carboxylic acids is 2. The highest BCUT2D eigenvalue weighted by molar-refractivity contribution is 5.87. The van der Waals surface area contributed by atoms with Gasteiger partial charge in [0.25, 0.3) is 0 Å². The van der Waals surface area contributed by atoms with Crippen LogP contribution < -0.4 is 10.6 Å². The summed E-state index contributed by atoms with van der Waals surface area (Å²) in [5.74, 6) is -0.0832. The van der Waals surface area contributed by atoms with Crippen molar-refractivity contribution in [1.29, 1.82) is 0 Å². The van der Waals surface area contributed by atoms with Crippen molar-refractivity contribution < 1.29 is 9.59 Å². The Bertz CT molecular complexity index is 178. The van der Waals surface area contributed by atoms with Gasteiger partial charge >= 0.3 is 0 Å². The Kier molecular flexibility index (Phi) is 6.14. The van der Waals surface area contributed by atoms with E-state index in [0.717, 1.165) is 6.54 Å². The molecular formula is C9H18N2O2. The number of hydrogen-bond donors (Lipinski definition) is 2. The highest BCUT2D eigenvalue weighted by atomic mass is 16.2. The Morgan fingerprint density at radius 1 is 1.23 bits per heavy atom. The number of likely N-dealkylation sites (N-methyl/N-ethyl adjacent to an activating group) is 1. The van der Waals surface area contributed by atoms with Gasteiger partial charge in [0.1, 0.15) is 0 Å². The van der Waals surface area contributed by atoms with E-state index in [-0.39, 0.29) is 30.7 Å². The maximum absolute atomic E-state index is 11.1. The molecule has 0 bridgehead atoms.